The van der Waals surface area contributed by atoms with E-state index in [9.17, 15) is 0 Å². The second kappa shape index (κ2) is 11.4. The van der Waals surface area contributed by atoms with Crippen molar-refractivity contribution in [1.29, 1.82) is 0 Å². The Morgan fingerprint density at radius 2 is 0.625 bits per heavy atom. The van der Waals surface area contributed by atoms with E-state index >= 15 is 0 Å². The maximum atomic E-state index is 6.10. The van der Waals surface area contributed by atoms with Gasteiger partial charge in [0, 0.05) is 0 Å². The van der Waals surface area contributed by atoms with E-state index in [1.807, 2.05) is 0 Å². The molecule has 0 heterocycles. The smallest absolute Gasteiger partial charge is 0.0000000000903 e. The summed E-state index contributed by atoms with van der Waals surface area (Å²) in [4.78, 5) is 0. The lowest BCUT2D eigenvalue weighted by atomic mass is 8.35. The van der Waals surface area contributed by atoms with E-state index in [2.05, 4.69) is 0 Å². The van der Waals surface area contributed by atoms with Crippen molar-refractivity contribution in [2.75, 3.05) is 0 Å². The van der Waals surface area contributed by atoms with Crippen molar-refractivity contribution < 1.29 is 0 Å². The Balaban J connectivity index is 6.24. The van der Waals surface area contributed by atoms with Crippen molar-refractivity contribution in [2.24, 2.45) is 0 Å². The molecule has 0 aliphatic heterocycles. The highest BCUT2D eigenvalue weighted by Gasteiger charge is 2.46. The Hall–Kier alpha value is 1.56. The molecule has 0 rings (SSSR count). The van der Waals surface area contributed by atoms with Gasteiger partial charge in [-0.25, -0.2) is 0 Å². The van der Waals surface area contributed by atoms with Crippen LogP contribution in [0.4, 0.5) is 0 Å². The molecule has 0 N–H and O–H groups in total. The molecule has 0 fully saturated rings. The highest BCUT2D eigenvalue weighted by molar-refractivity contribution is 8.23. The second-order valence-electron chi connectivity index (χ2n) is 6.35. The van der Waals surface area contributed by atoms with Gasteiger partial charge in [-0.2, -0.15) is 0 Å². The molecule has 24 heavy (non-hydrogen) atoms. The van der Waals surface area contributed by atoms with Crippen molar-refractivity contribution in [3.63, 3.8) is 0 Å². The zero-order valence-corrected chi connectivity index (χ0v) is 13.9. The van der Waals surface area contributed by atoms with Gasteiger partial charge in [0.15, 0.2) is 0 Å². The molecule has 0 bridgehead atoms. The van der Waals surface area contributed by atoms with E-state index in [1.54, 1.807) is 0 Å². The Bertz CT molecular complexity index is 285. The lowest BCUT2D eigenvalue weighted by Crippen LogP contribution is -2.84. The van der Waals surface area contributed by atoms with Crippen LogP contribution in [0.5, 0.6) is 0 Å². The third kappa shape index (κ3) is 6.94. The van der Waals surface area contributed by atoms with Crippen molar-refractivity contribution >= 4 is 171 Å². The van der Waals surface area contributed by atoms with Crippen LogP contribution in [0.1, 0.15) is 0 Å². The summed E-state index contributed by atoms with van der Waals surface area (Å²) < 4.78 is 0. The van der Waals surface area contributed by atoms with Crippen LogP contribution in [0.25, 0.3) is 0 Å². The minimum atomic E-state index is -0.973. The first-order valence-electron chi connectivity index (χ1n) is 7.67. The Morgan fingerprint density at radius 3 is 0.792 bits per heavy atom. The largest absolute Gasteiger partial charge is 0.729 e. The monoisotopic (exact) mass is 264 g/mol. The second-order valence-corrected chi connectivity index (χ2v) is 6.35. The van der Waals surface area contributed by atoms with Crippen LogP contribution < -0.4 is 0 Å². The Labute approximate surface area is 170 Å². The molecule has 0 amide bonds. The molecule has 0 aliphatic carbocycles. The van der Waals surface area contributed by atoms with Gasteiger partial charge in [-0.1, -0.05) is 6.39 Å². The van der Waals surface area contributed by atoms with Crippen LogP contribution >= 0.6 is 0 Å². The summed E-state index contributed by atoms with van der Waals surface area (Å²) >= 11 is 0. The van der Waals surface area contributed by atoms with Gasteiger partial charge in [0.2, 0.25) is 0 Å². The summed E-state index contributed by atoms with van der Waals surface area (Å²) in [6.07, 6.45) is -9.56. The molecule has 0 aliphatic rings. The standard InChI is InChI=1S/B24/c1-14(2)20(13)23(19(11)12)24(21(15(3)4)16(5)6)22(17(7)8)18(9)10/q-2. The average molecular weight is 259 g/mol. The topological polar surface area (TPSA) is 0 Å². The van der Waals surface area contributed by atoms with Crippen molar-refractivity contribution in [3.8, 4) is 0 Å². The molecule has 0 atom stereocenters. The van der Waals surface area contributed by atoms with E-state index in [1.165, 1.54) is 0 Å². The van der Waals surface area contributed by atoms with Crippen LogP contribution in [-0.2, 0) is 0 Å². The first-order chi connectivity index (χ1) is 10.8. The minimum Gasteiger partial charge on any atom is -0.729 e. The molecule has 0 aromatic rings. The summed E-state index contributed by atoms with van der Waals surface area (Å²) in [6, 6.07) is 0. The molecular weight excluding hydrogens is 259 g/mol. The SMILES string of the molecule is [B]B([B])B(B([B])[B])B(B(B([B])[B])B([B])[B])B(B([B])[B])B([B])B([B-])[B-]. The fourth-order valence-electron chi connectivity index (χ4n) is 3.34. The Kier molecular flexibility index (Phi) is 12.2. The summed E-state index contributed by atoms with van der Waals surface area (Å²) in [7, 11) is 76.2. The first-order valence-corrected chi connectivity index (χ1v) is 7.67. The van der Waals surface area contributed by atoms with Crippen molar-refractivity contribution in [3.05, 3.63) is 0 Å². The predicted octanol–water partition coefficient (Wildman–Crippen LogP) is -9.14. The van der Waals surface area contributed by atoms with Gasteiger partial charge in [0.1, 0.15) is 0 Å². The molecule has 0 nitrogen and oxygen atoms in total. The molecule has 74 valence electrons. The lowest BCUT2D eigenvalue weighted by molar-refractivity contribution is 3.29. The maximum absolute atomic E-state index is 6.10. The van der Waals surface area contributed by atoms with Gasteiger partial charge in [0.05, 0.1) is 0 Å². The van der Waals surface area contributed by atoms with Gasteiger partial charge in [0.25, 0.3) is 0 Å². The van der Waals surface area contributed by atoms with Crippen LogP contribution in [-0.4, -0.2) is 171 Å². The zero-order valence-electron chi connectivity index (χ0n) is 13.9. The highest BCUT2D eigenvalue weighted by atomic mass is 13.3. The van der Waals surface area contributed by atoms with Crippen molar-refractivity contribution in [2.45, 2.75) is 0 Å². The molecule has 0 saturated carbocycles. The summed E-state index contributed by atoms with van der Waals surface area (Å²) in [5.41, 5.74) is 0. The zero-order chi connectivity index (χ0) is 19.4. The molecule has 28 radical (unpaired) electrons. The number of hydrogen-bond donors (Lipinski definition) is 0. The average Bonchev–Trinajstić information content (AvgIpc) is 2.35. The van der Waals surface area contributed by atoms with Crippen LogP contribution in [0, 0.1) is 0 Å². The quantitative estimate of drug-likeness (QED) is 0.342. The summed E-state index contributed by atoms with van der Waals surface area (Å²) in [6.45, 7) is 0. The maximum Gasteiger partial charge on any atom is -0.0000000000903 e. The van der Waals surface area contributed by atoms with E-state index in [-0.39, 0.29) is 0 Å². The minimum absolute atomic E-state index is 0.713. The molecular formula is B24-2. The van der Waals surface area contributed by atoms with Crippen LogP contribution in [0.2, 0.25) is 0 Å². The van der Waals surface area contributed by atoms with E-state index < -0.39 is 70.2 Å². The summed E-state index contributed by atoms with van der Waals surface area (Å²) in [5.74, 6) is 0. The predicted molar refractivity (Wildman–Crippen MR) is 138 cm³/mol. The Morgan fingerprint density at radius 1 is 0.375 bits per heavy atom. The van der Waals surface area contributed by atoms with Crippen LogP contribution in [0.15, 0.2) is 0 Å². The van der Waals surface area contributed by atoms with Crippen LogP contribution in [0.3, 0.4) is 0 Å². The third-order valence-electron chi connectivity index (χ3n) is 4.44. The molecule has 0 spiro atoms. The number of rotatable bonds is 10. The number of hydrogen-bond acceptors (Lipinski definition) is 0. The fraction of sp³-hybridized carbons (Fsp3) is 0. The molecule has 24 heteroatoms. The first kappa shape index (κ1) is 25.6. The van der Waals surface area contributed by atoms with E-state index in [4.69, 9.17) is 101 Å². The van der Waals surface area contributed by atoms with Gasteiger partial charge >= 0.3 is 0 Å². The summed E-state index contributed by atoms with van der Waals surface area (Å²) in [5, 5.41) is 0. The third-order valence-corrected chi connectivity index (χ3v) is 4.44. The normalized spacial score (nSPS) is 9.42. The van der Waals surface area contributed by atoms with Gasteiger partial charge < -0.3 is 21.9 Å². The van der Waals surface area contributed by atoms with E-state index in [0.29, 0.717) is 0 Å². The molecule has 0 unspecified atom stereocenters. The van der Waals surface area contributed by atoms with Crippen molar-refractivity contribution in [1.82, 2.24) is 0 Å². The molecule has 0 aromatic heterocycles. The van der Waals surface area contributed by atoms with E-state index in [0.717, 1.165) is 0 Å². The lowest BCUT2D eigenvalue weighted by Gasteiger charge is -2.52. The van der Waals surface area contributed by atoms with Gasteiger partial charge in [-0.3, -0.25) is 0 Å². The highest BCUT2D eigenvalue weighted by Crippen LogP contribution is 2.09. The fourth-order valence-corrected chi connectivity index (χ4v) is 3.34. The molecule has 0 aromatic carbocycles. The molecule has 0 saturated heterocycles. The van der Waals surface area contributed by atoms with Gasteiger partial charge in [-0.15, -0.1) is 0 Å². The van der Waals surface area contributed by atoms with Gasteiger partial charge in [-0.05, 0) is 143 Å².